The fourth-order valence-corrected chi connectivity index (χ4v) is 2.91. The highest BCUT2D eigenvalue weighted by Gasteiger charge is 2.12. The van der Waals surface area contributed by atoms with Crippen LogP contribution in [0.1, 0.15) is 0 Å². The Labute approximate surface area is 152 Å². The van der Waals surface area contributed by atoms with Gasteiger partial charge in [-0.3, -0.25) is 9.36 Å². The second kappa shape index (κ2) is 6.31. The Balaban J connectivity index is 1.85. The summed E-state index contributed by atoms with van der Waals surface area (Å²) < 4.78 is 21.6. The predicted molar refractivity (Wildman–Crippen MR) is 97.7 cm³/mol. The van der Waals surface area contributed by atoms with E-state index in [1.807, 2.05) is 24.3 Å². The third-order valence-electron chi connectivity index (χ3n) is 4.07. The van der Waals surface area contributed by atoms with E-state index in [-0.39, 0.29) is 16.2 Å². The van der Waals surface area contributed by atoms with Gasteiger partial charge in [-0.25, -0.2) is 9.37 Å². The van der Waals surface area contributed by atoms with E-state index >= 15 is 0 Å². The summed E-state index contributed by atoms with van der Waals surface area (Å²) in [5.41, 5.74) is 1.88. The van der Waals surface area contributed by atoms with Gasteiger partial charge in [0.2, 0.25) is 5.65 Å². The first-order valence-corrected chi connectivity index (χ1v) is 8.15. The van der Waals surface area contributed by atoms with Crippen LogP contribution in [0.2, 0.25) is 5.02 Å². The summed E-state index contributed by atoms with van der Waals surface area (Å²) in [6, 6.07) is 11.6. The molecular formula is C19H13ClFN3O2. The van der Waals surface area contributed by atoms with Gasteiger partial charge in [0, 0.05) is 24.2 Å². The van der Waals surface area contributed by atoms with E-state index in [1.165, 1.54) is 22.8 Å². The van der Waals surface area contributed by atoms with Gasteiger partial charge in [-0.1, -0.05) is 23.7 Å². The highest BCUT2D eigenvalue weighted by molar-refractivity contribution is 6.30. The van der Waals surface area contributed by atoms with E-state index in [0.717, 1.165) is 5.56 Å². The van der Waals surface area contributed by atoms with Gasteiger partial charge < -0.3 is 9.14 Å². The quantitative estimate of drug-likeness (QED) is 0.549. The standard InChI is InChI=1S/C19H13ClFN3O2/c1-26-14-4-2-3-12(9-14)17-11-23-7-8-24(19(25)18(23)22-17)13-5-6-16(21)15(20)10-13/h2-11H,1H3. The first-order chi connectivity index (χ1) is 12.6. The molecule has 0 saturated carbocycles. The predicted octanol–water partition coefficient (Wildman–Crippen LogP) is 3.95. The first-order valence-electron chi connectivity index (χ1n) is 7.77. The molecule has 130 valence electrons. The van der Waals surface area contributed by atoms with Crippen molar-refractivity contribution < 1.29 is 9.13 Å². The molecule has 0 atom stereocenters. The van der Waals surface area contributed by atoms with Crippen molar-refractivity contribution in [2.75, 3.05) is 7.11 Å². The van der Waals surface area contributed by atoms with Crippen molar-refractivity contribution in [3.8, 4) is 22.7 Å². The third-order valence-corrected chi connectivity index (χ3v) is 4.36. The zero-order valence-electron chi connectivity index (χ0n) is 13.7. The average molecular weight is 370 g/mol. The zero-order valence-corrected chi connectivity index (χ0v) is 14.4. The molecule has 0 unspecified atom stereocenters. The molecule has 0 saturated heterocycles. The molecule has 5 nitrogen and oxygen atoms in total. The van der Waals surface area contributed by atoms with Crippen molar-refractivity contribution in [3.05, 3.63) is 82.2 Å². The van der Waals surface area contributed by atoms with Crippen LogP contribution >= 0.6 is 11.6 Å². The van der Waals surface area contributed by atoms with Crippen LogP contribution in [0.5, 0.6) is 5.75 Å². The summed E-state index contributed by atoms with van der Waals surface area (Å²) in [6.07, 6.45) is 5.08. The maximum atomic E-state index is 13.4. The molecule has 2 aromatic carbocycles. The monoisotopic (exact) mass is 369 g/mol. The molecule has 0 radical (unpaired) electrons. The number of ether oxygens (including phenoxy) is 1. The Bertz CT molecular complexity index is 1180. The lowest BCUT2D eigenvalue weighted by atomic mass is 10.1. The SMILES string of the molecule is COc1cccc(-c2cn3ccn(-c4ccc(F)c(Cl)c4)c(=O)c3n2)c1. The Kier molecular flexibility index (Phi) is 3.97. The second-order valence-electron chi connectivity index (χ2n) is 5.66. The number of aromatic nitrogens is 3. The highest BCUT2D eigenvalue weighted by Crippen LogP contribution is 2.23. The van der Waals surface area contributed by atoms with Crippen LogP contribution < -0.4 is 10.3 Å². The zero-order chi connectivity index (χ0) is 18.3. The largest absolute Gasteiger partial charge is 0.497 e. The summed E-state index contributed by atoms with van der Waals surface area (Å²) in [7, 11) is 1.59. The van der Waals surface area contributed by atoms with Crippen LogP contribution in [0.4, 0.5) is 4.39 Å². The third kappa shape index (κ3) is 2.74. The molecule has 0 aliphatic rings. The van der Waals surface area contributed by atoms with Gasteiger partial charge >= 0.3 is 0 Å². The van der Waals surface area contributed by atoms with Crippen molar-refractivity contribution in [2.24, 2.45) is 0 Å². The maximum Gasteiger partial charge on any atom is 0.298 e. The van der Waals surface area contributed by atoms with Crippen LogP contribution in [-0.4, -0.2) is 21.1 Å². The molecule has 0 fully saturated rings. The van der Waals surface area contributed by atoms with Gasteiger partial charge in [0.1, 0.15) is 11.6 Å². The Morgan fingerprint density at radius 2 is 2.00 bits per heavy atom. The number of halogens is 2. The maximum absolute atomic E-state index is 13.4. The van der Waals surface area contributed by atoms with Crippen molar-refractivity contribution in [1.82, 2.24) is 14.0 Å². The van der Waals surface area contributed by atoms with E-state index in [1.54, 1.807) is 30.1 Å². The van der Waals surface area contributed by atoms with E-state index in [0.29, 0.717) is 17.1 Å². The molecule has 4 aromatic rings. The first kappa shape index (κ1) is 16.4. The molecule has 0 aliphatic carbocycles. The summed E-state index contributed by atoms with van der Waals surface area (Å²) >= 11 is 5.82. The smallest absolute Gasteiger partial charge is 0.298 e. The molecule has 0 bridgehead atoms. The molecular weight excluding hydrogens is 357 g/mol. The van der Waals surface area contributed by atoms with Crippen molar-refractivity contribution >= 4 is 17.2 Å². The van der Waals surface area contributed by atoms with Crippen LogP contribution in [0, 0.1) is 5.82 Å². The molecule has 4 rings (SSSR count). The lowest BCUT2D eigenvalue weighted by Crippen LogP contribution is -2.20. The van der Waals surface area contributed by atoms with Gasteiger partial charge in [-0.2, -0.15) is 0 Å². The number of rotatable bonds is 3. The Hall–Kier alpha value is -3.12. The summed E-state index contributed by atoms with van der Waals surface area (Å²) in [6.45, 7) is 0. The van der Waals surface area contributed by atoms with Crippen LogP contribution in [0.15, 0.2) is 65.8 Å². The lowest BCUT2D eigenvalue weighted by Gasteiger charge is -2.06. The molecule has 2 heterocycles. The highest BCUT2D eigenvalue weighted by atomic mass is 35.5. The fraction of sp³-hybridized carbons (Fsp3) is 0.0526. The van der Waals surface area contributed by atoms with Crippen LogP contribution in [0.25, 0.3) is 22.6 Å². The van der Waals surface area contributed by atoms with Crippen molar-refractivity contribution in [1.29, 1.82) is 0 Å². The number of imidazole rings is 1. The number of benzene rings is 2. The molecule has 0 amide bonds. The number of nitrogens with zero attached hydrogens (tertiary/aromatic N) is 3. The number of hydrogen-bond acceptors (Lipinski definition) is 3. The minimum atomic E-state index is -0.536. The number of hydrogen-bond donors (Lipinski definition) is 0. The average Bonchev–Trinajstić information content (AvgIpc) is 3.10. The van der Waals surface area contributed by atoms with Gasteiger partial charge in [-0.15, -0.1) is 0 Å². The van der Waals surface area contributed by atoms with Gasteiger partial charge in [0.05, 0.1) is 23.5 Å². The lowest BCUT2D eigenvalue weighted by molar-refractivity contribution is 0.415. The van der Waals surface area contributed by atoms with Crippen molar-refractivity contribution in [2.45, 2.75) is 0 Å². The number of methoxy groups -OCH3 is 1. The minimum absolute atomic E-state index is 0.0466. The van der Waals surface area contributed by atoms with E-state index in [9.17, 15) is 9.18 Å². The molecule has 0 N–H and O–H groups in total. The Morgan fingerprint density at radius 1 is 1.15 bits per heavy atom. The normalized spacial score (nSPS) is 11.0. The van der Waals surface area contributed by atoms with Gasteiger partial charge in [0.15, 0.2) is 0 Å². The van der Waals surface area contributed by atoms with E-state index in [4.69, 9.17) is 16.3 Å². The summed E-state index contributed by atoms with van der Waals surface area (Å²) in [5, 5.41) is -0.0466. The number of fused-ring (bicyclic) bond motifs is 1. The van der Waals surface area contributed by atoms with E-state index < -0.39 is 5.82 Å². The molecule has 0 aliphatic heterocycles. The molecule has 2 aromatic heterocycles. The van der Waals surface area contributed by atoms with Gasteiger partial charge in [0.25, 0.3) is 5.56 Å². The summed E-state index contributed by atoms with van der Waals surface area (Å²) in [5.74, 6) is 0.170. The van der Waals surface area contributed by atoms with Crippen molar-refractivity contribution in [3.63, 3.8) is 0 Å². The Morgan fingerprint density at radius 3 is 2.77 bits per heavy atom. The molecule has 0 spiro atoms. The second-order valence-corrected chi connectivity index (χ2v) is 6.07. The molecule has 7 heteroatoms. The van der Waals surface area contributed by atoms with Gasteiger partial charge in [-0.05, 0) is 30.3 Å². The van der Waals surface area contributed by atoms with Crippen LogP contribution in [-0.2, 0) is 0 Å². The summed E-state index contributed by atoms with van der Waals surface area (Å²) in [4.78, 5) is 17.3. The molecule has 26 heavy (non-hydrogen) atoms. The fourth-order valence-electron chi connectivity index (χ4n) is 2.74. The minimum Gasteiger partial charge on any atom is -0.497 e. The topological polar surface area (TPSA) is 48.5 Å². The van der Waals surface area contributed by atoms with E-state index in [2.05, 4.69) is 4.98 Å². The van der Waals surface area contributed by atoms with Crippen LogP contribution in [0.3, 0.4) is 0 Å².